The minimum Gasteiger partial charge on any atom is -0.349 e. The van der Waals surface area contributed by atoms with Gasteiger partial charge in [0.2, 0.25) is 5.95 Å². The van der Waals surface area contributed by atoms with Crippen LogP contribution in [-0.2, 0) is 0 Å². The Morgan fingerprint density at radius 1 is 1.00 bits per heavy atom. The Kier molecular flexibility index (Phi) is 5.08. The summed E-state index contributed by atoms with van der Waals surface area (Å²) in [6.07, 6.45) is 5.25. The van der Waals surface area contributed by atoms with Gasteiger partial charge in [-0.15, -0.1) is 0 Å². The van der Waals surface area contributed by atoms with Gasteiger partial charge in [-0.05, 0) is 56.2 Å². The predicted molar refractivity (Wildman–Crippen MR) is 121 cm³/mol. The second kappa shape index (κ2) is 8.18. The quantitative estimate of drug-likeness (QED) is 0.555. The molecule has 1 amide bonds. The fourth-order valence-electron chi connectivity index (χ4n) is 4.19. The number of carbonyl (C=O) groups excluding carboxylic acids is 1. The number of aryl methyl sites for hydroxylation is 1. The smallest absolute Gasteiger partial charge is 0.251 e. The first-order valence-electron chi connectivity index (χ1n) is 10.6. The van der Waals surface area contributed by atoms with E-state index < -0.39 is 0 Å². The third-order valence-electron chi connectivity index (χ3n) is 5.76. The van der Waals surface area contributed by atoms with E-state index in [2.05, 4.69) is 41.9 Å². The van der Waals surface area contributed by atoms with Crippen molar-refractivity contribution >= 4 is 22.9 Å². The van der Waals surface area contributed by atoms with Crippen molar-refractivity contribution < 1.29 is 4.79 Å². The lowest BCUT2D eigenvalue weighted by Crippen LogP contribution is -2.45. The van der Waals surface area contributed by atoms with Crippen molar-refractivity contribution in [3.63, 3.8) is 0 Å². The molecular formula is C24H24N6O. The number of aromatic nitrogens is 4. The van der Waals surface area contributed by atoms with E-state index in [1.54, 1.807) is 12.4 Å². The molecule has 0 saturated carbocycles. The standard InChI is InChI=1S/C24H24N6O/c1-17-27-21-16-18(8-9-22(21)30(17)20-6-3-2-4-7-20)23(31)28-19-10-14-29(15-11-19)24-25-12-5-13-26-24/h2-9,12-13,16,19H,10-11,14-15H2,1H3,(H,28,31). The van der Waals surface area contributed by atoms with E-state index in [-0.39, 0.29) is 11.9 Å². The number of nitrogens with one attached hydrogen (secondary N) is 1. The van der Waals surface area contributed by atoms with E-state index in [0.717, 1.165) is 54.4 Å². The van der Waals surface area contributed by atoms with Crippen molar-refractivity contribution in [1.29, 1.82) is 0 Å². The van der Waals surface area contributed by atoms with Crippen molar-refractivity contribution in [3.8, 4) is 5.69 Å². The van der Waals surface area contributed by atoms with Crippen LogP contribution in [0.2, 0.25) is 0 Å². The topological polar surface area (TPSA) is 75.9 Å². The van der Waals surface area contributed by atoms with Gasteiger partial charge in [-0.1, -0.05) is 18.2 Å². The lowest BCUT2D eigenvalue weighted by atomic mass is 10.0. The fraction of sp³-hybridized carbons (Fsp3) is 0.250. The van der Waals surface area contributed by atoms with Gasteiger partial charge in [-0.25, -0.2) is 15.0 Å². The van der Waals surface area contributed by atoms with Crippen LogP contribution < -0.4 is 10.2 Å². The van der Waals surface area contributed by atoms with E-state index in [1.165, 1.54) is 0 Å². The highest BCUT2D eigenvalue weighted by molar-refractivity contribution is 5.97. The summed E-state index contributed by atoms with van der Waals surface area (Å²) in [5.74, 6) is 1.60. The largest absolute Gasteiger partial charge is 0.349 e. The van der Waals surface area contributed by atoms with E-state index in [0.29, 0.717) is 5.56 Å². The molecule has 3 heterocycles. The van der Waals surface area contributed by atoms with Crippen molar-refractivity contribution in [2.24, 2.45) is 0 Å². The average Bonchev–Trinajstić information content (AvgIpc) is 3.15. The molecule has 2 aromatic carbocycles. The van der Waals surface area contributed by atoms with Crippen molar-refractivity contribution in [2.75, 3.05) is 18.0 Å². The summed E-state index contributed by atoms with van der Waals surface area (Å²) in [5.41, 5.74) is 3.52. The van der Waals surface area contributed by atoms with E-state index in [1.807, 2.05) is 49.4 Å². The molecule has 31 heavy (non-hydrogen) atoms. The van der Waals surface area contributed by atoms with E-state index in [9.17, 15) is 4.79 Å². The maximum Gasteiger partial charge on any atom is 0.251 e. The summed E-state index contributed by atoms with van der Waals surface area (Å²) in [5, 5.41) is 3.18. The van der Waals surface area contributed by atoms with Crippen LogP contribution in [0.5, 0.6) is 0 Å². The first kappa shape index (κ1) is 19.2. The molecule has 4 aromatic rings. The molecule has 0 radical (unpaired) electrons. The second-order valence-corrected chi connectivity index (χ2v) is 7.82. The Bertz CT molecular complexity index is 1200. The highest BCUT2D eigenvalue weighted by Gasteiger charge is 2.23. The van der Waals surface area contributed by atoms with Crippen LogP contribution in [0.4, 0.5) is 5.95 Å². The molecule has 156 valence electrons. The first-order chi connectivity index (χ1) is 15.2. The summed E-state index contributed by atoms with van der Waals surface area (Å²) in [4.78, 5) is 28.4. The van der Waals surface area contributed by atoms with Gasteiger partial charge in [0.15, 0.2) is 0 Å². The summed E-state index contributed by atoms with van der Waals surface area (Å²) >= 11 is 0. The molecule has 5 rings (SSSR count). The van der Waals surface area contributed by atoms with Crippen LogP contribution in [0.25, 0.3) is 16.7 Å². The van der Waals surface area contributed by atoms with Gasteiger partial charge in [0.25, 0.3) is 5.91 Å². The normalized spacial score (nSPS) is 14.7. The van der Waals surface area contributed by atoms with Gasteiger partial charge in [-0.3, -0.25) is 9.36 Å². The molecule has 0 unspecified atom stereocenters. The minimum atomic E-state index is -0.0526. The van der Waals surface area contributed by atoms with E-state index in [4.69, 9.17) is 0 Å². The molecule has 1 N–H and O–H groups in total. The Morgan fingerprint density at radius 3 is 2.48 bits per heavy atom. The molecule has 0 atom stereocenters. The van der Waals surface area contributed by atoms with Crippen molar-refractivity contribution in [1.82, 2.24) is 24.8 Å². The number of piperidine rings is 1. The number of carbonyl (C=O) groups is 1. The molecule has 1 fully saturated rings. The number of nitrogens with zero attached hydrogens (tertiary/aromatic N) is 5. The summed E-state index contributed by atoms with van der Waals surface area (Å²) in [7, 11) is 0. The Labute approximate surface area is 180 Å². The Hall–Kier alpha value is -3.74. The zero-order valence-electron chi connectivity index (χ0n) is 17.4. The van der Waals surface area contributed by atoms with Crippen LogP contribution in [0.15, 0.2) is 67.0 Å². The third kappa shape index (κ3) is 3.86. The SMILES string of the molecule is Cc1nc2cc(C(=O)NC3CCN(c4ncccn4)CC3)ccc2n1-c1ccccc1. The number of hydrogen-bond donors (Lipinski definition) is 1. The van der Waals surface area contributed by atoms with Gasteiger partial charge in [0.05, 0.1) is 11.0 Å². The van der Waals surface area contributed by atoms with Crippen LogP contribution in [0.1, 0.15) is 29.0 Å². The molecule has 0 bridgehead atoms. The lowest BCUT2D eigenvalue weighted by molar-refractivity contribution is 0.0931. The Morgan fingerprint density at radius 2 is 1.74 bits per heavy atom. The molecule has 0 spiro atoms. The highest BCUT2D eigenvalue weighted by Crippen LogP contribution is 2.23. The van der Waals surface area contributed by atoms with Crippen LogP contribution in [0, 0.1) is 6.92 Å². The number of rotatable bonds is 4. The number of imidazole rings is 1. The molecular weight excluding hydrogens is 388 g/mol. The molecule has 1 saturated heterocycles. The number of benzene rings is 2. The molecule has 1 aliphatic heterocycles. The van der Waals surface area contributed by atoms with Crippen molar-refractivity contribution in [3.05, 3.63) is 78.4 Å². The number of hydrogen-bond acceptors (Lipinski definition) is 5. The Balaban J connectivity index is 1.29. The van der Waals surface area contributed by atoms with Gasteiger partial charge >= 0.3 is 0 Å². The van der Waals surface area contributed by atoms with Crippen LogP contribution >= 0.6 is 0 Å². The van der Waals surface area contributed by atoms with Crippen molar-refractivity contribution in [2.45, 2.75) is 25.8 Å². The van der Waals surface area contributed by atoms with Gasteiger partial charge < -0.3 is 10.2 Å². The van der Waals surface area contributed by atoms with E-state index >= 15 is 0 Å². The monoisotopic (exact) mass is 412 g/mol. The number of fused-ring (bicyclic) bond motifs is 1. The number of anilines is 1. The molecule has 7 nitrogen and oxygen atoms in total. The number of para-hydroxylation sites is 1. The molecule has 7 heteroatoms. The lowest BCUT2D eigenvalue weighted by Gasteiger charge is -2.32. The van der Waals surface area contributed by atoms with Gasteiger partial charge in [0, 0.05) is 42.8 Å². The predicted octanol–water partition coefficient (Wildman–Crippen LogP) is 3.52. The maximum atomic E-state index is 12.9. The minimum absolute atomic E-state index is 0.0526. The molecule has 2 aromatic heterocycles. The third-order valence-corrected chi connectivity index (χ3v) is 5.76. The molecule has 1 aliphatic rings. The van der Waals surface area contributed by atoms with Crippen LogP contribution in [-0.4, -0.2) is 44.6 Å². The van der Waals surface area contributed by atoms with Gasteiger partial charge in [-0.2, -0.15) is 0 Å². The second-order valence-electron chi connectivity index (χ2n) is 7.82. The summed E-state index contributed by atoms with van der Waals surface area (Å²) < 4.78 is 2.11. The first-order valence-corrected chi connectivity index (χ1v) is 10.6. The average molecular weight is 412 g/mol. The molecule has 0 aliphatic carbocycles. The number of amides is 1. The highest BCUT2D eigenvalue weighted by atomic mass is 16.1. The summed E-state index contributed by atoms with van der Waals surface area (Å²) in [6.45, 7) is 3.64. The summed E-state index contributed by atoms with van der Waals surface area (Å²) in [6, 6.07) is 17.8. The zero-order valence-corrected chi connectivity index (χ0v) is 17.4. The van der Waals surface area contributed by atoms with Gasteiger partial charge in [0.1, 0.15) is 5.82 Å². The zero-order chi connectivity index (χ0) is 21.2. The fourth-order valence-corrected chi connectivity index (χ4v) is 4.19. The van der Waals surface area contributed by atoms with Crippen LogP contribution in [0.3, 0.4) is 0 Å². The maximum absolute atomic E-state index is 12.9.